The van der Waals surface area contributed by atoms with Gasteiger partial charge in [0.1, 0.15) is 5.84 Å². The predicted molar refractivity (Wildman–Crippen MR) is 61.0 cm³/mol. The molecule has 1 aliphatic rings. The molecule has 80 valence electrons. The Morgan fingerprint density at radius 1 is 1.40 bits per heavy atom. The van der Waals surface area contributed by atoms with E-state index >= 15 is 0 Å². The standard InChI is InChI=1S/C12H16N2O/c13-12(10-5-2-1-3-6-10)14-9-11-7-4-8-15-11/h1-3,5-6,11H,4,7-9H2,(H2,13,14). The van der Waals surface area contributed by atoms with Crippen LogP contribution in [0.3, 0.4) is 0 Å². The smallest absolute Gasteiger partial charge is 0.125 e. The molecule has 3 heteroatoms. The number of hydrogen-bond donors (Lipinski definition) is 1. The van der Waals surface area contributed by atoms with Crippen molar-refractivity contribution in [3.63, 3.8) is 0 Å². The molecule has 0 spiro atoms. The Hall–Kier alpha value is -1.35. The van der Waals surface area contributed by atoms with Gasteiger partial charge in [0.15, 0.2) is 0 Å². The molecule has 0 aromatic heterocycles. The second-order valence-corrected chi connectivity index (χ2v) is 3.73. The molecule has 0 aliphatic carbocycles. The zero-order chi connectivity index (χ0) is 10.5. The number of ether oxygens (including phenoxy) is 1. The highest BCUT2D eigenvalue weighted by Gasteiger charge is 2.14. The first-order valence-electron chi connectivity index (χ1n) is 5.33. The van der Waals surface area contributed by atoms with Crippen molar-refractivity contribution in [2.75, 3.05) is 13.2 Å². The van der Waals surface area contributed by atoms with E-state index in [-0.39, 0.29) is 6.10 Å². The van der Waals surface area contributed by atoms with Gasteiger partial charge in [-0.1, -0.05) is 30.3 Å². The van der Waals surface area contributed by atoms with Crippen molar-refractivity contribution in [3.05, 3.63) is 35.9 Å². The van der Waals surface area contributed by atoms with Gasteiger partial charge in [0.05, 0.1) is 12.6 Å². The summed E-state index contributed by atoms with van der Waals surface area (Å²) in [5.74, 6) is 0.603. The quantitative estimate of drug-likeness (QED) is 0.600. The van der Waals surface area contributed by atoms with Crippen LogP contribution in [-0.4, -0.2) is 25.1 Å². The Morgan fingerprint density at radius 2 is 2.20 bits per heavy atom. The Bertz CT molecular complexity index is 329. The number of amidine groups is 1. The molecule has 1 saturated heterocycles. The van der Waals surface area contributed by atoms with E-state index in [4.69, 9.17) is 10.5 Å². The maximum atomic E-state index is 5.87. The lowest BCUT2D eigenvalue weighted by atomic mass is 10.2. The summed E-state index contributed by atoms with van der Waals surface area (Å²) < 4.78 is 5.48. The van der Waals surface area contributed by atoms with Crippen LogP contribution in [0.2, 0.25) is 0 Å². The van der Waals surface area contributed by atoms with E-state index in [0.717, 1.165) is 25.0 Å². The van der Waals surface area contributed by atoms with Crippen LogP contribution in [0.5, 0.6) is 0 Å². The number of nitrogens with zero attached hydrogens (tertiary/aromatic N) is 1. The van der Waals surface area contributed by atoms with Crippen LogP contribution >= 0.6 is 0 Å². The molecule has 0 amide bonds. The molecular formula is C12H16N2O. The van der Waals surface area contributed by atoms with E-state index in [9.17, 15) is 0 Å². The van der Waals surface area contributed by atoms with Gasteiger partial charge in [-0.15, -0.1) is 0 Å². The number of benzene rings is 1. The lowest BCUT2D eigenvalue weighted by Gasteiger charge is -2.06. The highest BCUT2D eigenvalue weighted by molar-refractivity contribution is 5.97. The van der Waals surface area contributed by atoms with Crippen LogP contribution in [-0.2, 0) is 4.74 Å². The summed E-state index contributed by atoms with van der Waals surface area (Å²) in [6, 6.07) is 9.83. The van der Waals surface area contributed by atoms with Crippen molar-refractivity contribution in [2.45, 2.75) is 18.9 Å². The molecule has 0 bridgehead atoms. The second-order valence-electron chi connectivity index (χ2n) is 3.73. The van der Waals surface area contributed by atoms with E-state index < -0.39 is 0 Å². The van der Waals surface area contributed by atoms with Crippen molar-refractivity contribution in [2.24, 2.45) is 10.7 Å². The minimum absolute atomic E-state index is 0.271. The fraction of sp³-hybridized carbons (Fsp3) is 0.417. The van der Waals surface area contributed by atoms with Crippen molar-refractivity contribution in [3.8, 4) is 0 Å². The first-order chi connectivity index (χ1) is 7.36. The van der Waals surface area contributed by atoms with Crippen molar-refractivity contribution in [1.29, 1.82) is 0 Å². The maximum Gasteiger partial charge on any atom is 0.125 e. The molecule has 0 saturated carbocycles. The third-order valence-electron chi connectivity index (χ3n) is 2.56. The first-order valence-corrected chi connectivity index (χ1v) is 5.33. The molecule has 1 aromatic rings. The van der Waals surface area contributed by atoms with E-state index in [2.05, 4.69) is 4.99 Å². The summed E-state index contributed by atoms with van der Waals surface area (Å²) in [7, 11) is 0. The molecule has 2 N–H and O–H groups in total. The van der Waals surface area contributed by atoms with E-state index in [0.29, 0.717) is 12.4 Å². The average Bonchev–Trinajstić information content (AvgIpc) is 2.80. The van der Waals surface area contributed by atoms with Crippen LogP contribution in [0, 0.1) is 0 Å². The number of hydrogen-bond acceptors (Lipinski definition) is 2. The summed E-state index contributed by atoms with van der Waals surface area (Å²) in [6.45, 7) is 1.55. The zero-order valence-corrected chi connectivity index (χ0v) is 8.73. The lowest BCUT2D eigenvalue weighted by Crippen LogP contribution is -2.17. The van der Waals surface area contributed by atoms with Gasteiger partial charge in [0, 0.05) is 12.2 Å². The normalized spacial score (nSPS) is 21.9. The molecule has 15 heavy (non-hydrogen) atoms. The molecule has 1 aromatic carbocycles. The Morgan fingerprint density at radius 3 is 2.87 bits per heavy atom. The van der Waals surface area contributed by atoms with Gasteiger partial charge >= 0.3 is 0 Å². The number of aliphatic imine (C=N–C) groups is 1. The molecule has 1 unspecified atom stereocenters. The van der Waals surface area contributed by atoms with Gasteiger partial charge in [-0.2, -0.15) is 0 Å². The van der Waals surface area contributed by atoms with Crippen LogP contribution in [0.4, 0.5) is 0 Å². The third kappa shape index (κ3) is 2.80. The molecule has 0 radical (unpaired) electrons. The maximum absolute atomic E-state index is 5.87. The minimum atomic E-state index is 0.271. The topological polar surface area (TPSA) is 47.6 Å². The fourth-order valence-electron chi connectivity index (χ4n) is 1.69. The monoisotopic (exact) mass is 204 g/mol. The largest absolute Gasteiger partial charge is 0.384 e. The summed E-state index contributed by atoms with van der Waals surface area (Å²) in [5, 5.41) is 0. The van der Waals surface area contributed by atoms with Crippen LogP contribution < -0.4 is 5.73 Å². The van der Waals surface area contributed by atoms with E-state index in [1.165, 1.54) is 0 Å². The number of rotatable bonds is 3. The van der Waals surface area contributed by atoms with Crippen molar-refractivity contribution in [1.82, 2.24) is 0 Å². The van der Waals surface area contributed by atoms with E-state index in [1.54, 1.807) is 0 Å². The lowest BCUT2D eigenvalue weighted by molar-refractivity contribution is 0.118. The molecule has 1 heterocycles. The summed E-state index contributed by atoms with van der Waals surface area (Å²) >= 11 is 0. The van der Waals surface area contributed by atoms with Gasteiger partial charge in [-0.05, 0) is 12.8 Å². The molecule has 1 fully saturated rings. The molecule has 2 rings (SSSR count). The van der Waals surface area contributed by atoms with Crippen molar-refractivity contribution >= 4 is 5.84 Å². The molecule has 3 nitrogen and oxygen atoms in total. The first kappa shape index (κ1) is 10.2. The van der Waals surface area contributed by atoms with Crippen molar-refractivity contribution < 1.29 is 4.74 Å². The van der Waals surface area contributed by atoms with Gasteiger partial charge in [-0.3, -0.25) is 4.99 Å². The molecule has 1 aliphatic heterocycles. The van der Waals surface area contributed by atoms with Gasteiger partial charge < -0.3 is 10.5 Å². The Labute approximate surface area is 90.0 Å². The molecule has 1 atom stereocenters. The SMILES string of the molecule is NC(=NCC1CCCO1)c1ccccc1. The fourth-order valence-corrected chi connectivity index (χ4v) is 1.69. The minimum Gasteiger partial charge on any atom is -0.384 e. The van der Waals surface area contributed by atoms with Gasteiger partial charge in [-0.25, -0.2) is 0 Å². The zero-order valence-electron chi connectivity index (χ0n) is 8.73. The third-order valence-corrected chi connectivity index (χ3v) is 2.56. The second kappa shape index (κ2) is 4.94. The van der Waals surface area contributed by atoms with E-state index in [1.807, 2.05) is 30.3 Å². The van der Waals surface area contributed by atoms with Crippen LogP contribution in [0.1, 0.15) is 18.4 Å². The average molecular weight is 204 g/mol. The van der Waals surface area contributed by atoms with Crippen LogP contribution in [0.25, 0.3) is 0 Å². The predicted octanol–water partition coefficient (Wildman–Crippen LogP) is 1.57. The number of nitrogens with two attached hydrogens (primary N) is 1. The Balaban J connectivity index is 1.95. The van der Waals surface area contributed by atoms with Gasteiger partial charge in [0.2, 0.25) is 0 Å². The summed E-state index contributed by atoms with van der Waals surface area (Å²) in [4.78, 5) is 4.35. The van der Waals surface area contributed by atoms with Crippen LogP contribution in [0.15, 0.2) is 35.3 Å². The summed E-state index contributed by atoms with van der Waals surface area (Å²) in [5.41, 5.74) is 6.85. The highest BCUT2D eigenvalue weighted by atomic mass is 16.5. The van der Waals surface area contributed by atoms with Gasteiger partial charge in [0.25, 0.3) is 0 Å². The summed E-state index contributed by atoms with van der Waals surface area (Å²) in [6.07, 6.45) is 2.52. The molecular weight excluding hydrogens is 188 g/mol. The Kier molecular flexibility index (Phi) is 3.35. The highest BCUT2D eigenvalue weighted by Crippen LogP contribution is 2.12.